The van der Waals surface area contributed by atoms with E-state index in [0.29, 0.717) is 4.70 Å². The molecule has 0 spiro atoms. The minimum absolute atomic E-state index is 0.245. The van der Waals surface area contributed by atoms with Gasteiger partial charge in [0.1, 0.15) is 11.3 Å². The molecule has 0 atom stereocenters. The lowest BCUT2D eigenvalue weighted by atomic mass is 10.1. The summed E-state index contributed by atoms with van der Waals surface area (Å²) >= 11 is 7.45. The first-order chi connectivity index (χ1) is 12.0. The predicted molar refractivity (Wildman–Crippen MR) is 100 cm³/mol. The Morgan fingerprint density at radius 3 is 2.52 bits per heavy atom. The Balaban J connectivity index is 1.54. The number of benzene rings is 2. The third-order valence-corrected chi connectivity index (χ3v) is 5.76. The van der Waals surface area contributed by atoms with Crippen LogP contribution in [0.25, 0.3) is 10.2 Å². The maximum Gasteiger partial charge on any atom is 0.186 e. The van der Waals surface area contributed by atoms with Crippen LogP contribution in [0.1, 0.15) is 5.56 Å². The molecule has 0 N–H and O–H groups in total. The van der Waals surface area contributed by atoms with E-state index in [2.05, 4.69) is 21.7 Å². The van der Waals surface area contributed by atoms with Crippen molar-refractivity contribution in [1.29, 1.82) is 0 Å². The van der Waals surface area contributed by atoms with Gasteiger partial charge in [0, 0.05) is 43.0 Å². The number of halogens is 3. The molecule has 0 bridgehead atoms. The lowest BCUT2D eigenvalue weighted by Crippen LogP contribution is -2.46. The number of nitrogens with zero attached hydrogens (tertiary/aromatic N) is 3. The molecule has 3 aromatic rings. The largest absolute Gasteiger partial charge is 0.368 e. The first kappa shape index (κ1) is 16.5. The summed E-state index contributed by atoms with van der Waals surface area (Å²) < 4.78 is 27.8. The van der Waals surface area contributed by atoms with Crippen molar-refractivity contribution in [3.8, 4) is 0 Å². The third-order valence-electron chi connectivity index (χ3n) is 4.46. The third kappa shape index (κ3) is 3.16. The van der Waals surface area contributed by atoms with Crippen molar-refractivity contribution in [2.75, 3.05) is 36.0 Å². The van der Waals surface area contributed by atoms with Gasteiger partial charge in [-0.1, -0.05) is 29.0 Å². The molecule has 3 nitrogen and oxygen atoms in total. The van der Waals surface area contributed by atoms with E-state index in [4.69, 9.17) is 11.6 Å². The molecular formula is C18H16ClF2N3S. The van der Waals surface area contributed by atoms with Gasteiger partial charge in [0.25, 0.3) is 0 Å². The number of hydrogen-bond donors (Lipinski definition) is 0. The molecule has 4 rings (SSSR count). The normalized spacial score (nSPS) is 15.2. The summed E-state index contributed by atoms with van der Waals surface area (Å²) in [4.78, 5) is 8.79. The Morgan fingerprint density at radius 2 is 1.76 bits per heavy atom. The molecule has 2 aromatic carbocycles. The van der Waals surface area contributed by atoms with Gasteiger partial charge in [0.15, 0.2) is 10.9 Å². The fourth-order valence-corrected chi connectivity index (χ4v) is 4.37. The molecule has 0 amide bonds. The Labute approximate surface area is 153 Å². The Hall–Kier alpha value is -1.92. The Bertz CT molecular complexity index is 935. The molecule has 1 aromatic heterocycles. The maximum atomic E-state index is 13.9. The zero-order valence-electron chi connectivity index (χ0n) is 13.6. The molecule has 2 heterocycles. The zero-order valence-corrected chi connectivity index (χ0v) is 15.2. The van der Waals surface area contributed by atoms with Gasteiger partial charge in [-0.2, -0.15) is 0 Å². The Morgan fingerprint density at radius 1 is 1.04 bits per heavy atom. The van der Waals surface area contributed by atoms with Crippen molar-refractivity contribution >= 4 is 44.0 Å². The maximum absolute atomic E-state index is 13.9. The van der Waals surface area contributed by atoms with Crippen LogP contribution in [0.2, 0.25) is 5.02 Å². The van der Waals surface area contributed by atoms with E-state index >= 15 is 0 Å². The van der Waals surface area contributed by atoms with E-state index < -0.39 is 11.6 Å². The van der Waals surface area contributed by atoms with Gasteiger partial charge in [0.05, 0.1) is 4.70 Å². The van der Waals surface area contributed by atoms with Gasteiger partial charge in [-0.15, -0.1) is 0 Å². The minimum Gasteiger partial charge on any atom is -0.368 e. The SMILES string of the molecule is Cc1ccc(Cl)cc1N1CCN(c2nc3c(F)cc(F)cc3s2)CC1. The average Bonchev–Trinajstić information content (AvgIpc) is 3.01. The smallest absolute Gasteiger partial charge is 0.186 e. The quantitative estimate of drug-likeness (QED) is 0.633. The van der Waals surface area contributed by atoms with Crippen molar-refractivity contribution in [3.05, 3.63) is 52.6 Å². The van der Waals surface area contributed by atoms with E-state index in [1.54, 1.807) is 0 Å². The highest BCUT2D eigenvalue weighted by Crippen LogP contribution is 2.32. The monoisotopic (exact) mass is 379 g/mol. The molecule has 0 saturated carbocycles. The van der Waals surface area contributed by atoms with Crippen molar-refractivity contribution in [2.45, 2.75) is 6.92 Å². The van der Waals surface area contributed by atoms with E-state index in [-0.39, 0.29) is 5.52 Å². The molecule has 25 heavy (non-hydrogen) atoms. The molecule has 1 aliphatic heterocycles. The number of fused-ring (bicyclic) bond motifs is 1. The van der Waals surface area contributed by atoms with Crippen LogP contribution in [0.3, 0.4) is 0 Å². The summed E-state index contributed by atoms with van der Waals surface area (Å²) in [6.45, 7) is 5.27. The fraction of sp³-hybridized carbons (Fsp3) is 0.278. The van der Waals surface area contributed by atoms with Crippen molar-refractivity contribution in [2.24, 2.45) is 0 Å². The number of anilines is 2. The van der Waals surface area contributed by atoms with Gasteiger partial charge < -0.3 is 9.80 Å². The average molecular weight is 380 g/mol. The summed E-state index contributed by atoms with van der Waals surface area (Å²) in [6.07, 6.45) is 0. The molecule has 0 unspecified atom stereocenters. The number of piperazine rings is 1. The van der Waals surface area contributed by atoms with Gasteiger partial charge in [-0.05, 0) is 30.7 Å². The van der Waals surface area contributed by atoms with Crippen molar-refractivity contribution in [3.63, 3.8) is 0 Å². The standard InChI is InChI=1S/C18H16ClF2N3S/c1-11-2-3-12(19)8-15(11)23-4-6-24(7-5-23)18-22-17-14(21)9-13(20)10-16(17)25-18/h2-3,8-10H,4-7H2,1H3. The van der Waals surface area contributed by atoms with Gasteiger partial charge in [-0.3, -0.25) is 0 Å². The van der Waals surface area contributed by atoms with Crippen LogP contribution >= 0.6 is 22.9 Å². The Kier molecular flexibility index (Phi) is 4.25. The number of thiazole rings is 1. The lowest BCUT2D eigenvalue weighted by Gasteiger charge is -2.36. The van der Waals surface area contributed by atoms with Gasteiger partial charge >= 0.3 is 0 Å². The predicted octanol–water partition coefficient (Wildman–Crippen LogP) is 4.86. The highest BCUT2D eigenvalue weighted by molar-refractivity contribution is 7.22. The van der Waals surface area contributed by atoms with Crippen LogP contribution in [0, 0.1) is 18.6 Å². The summed E-state index contributed by atoms with van der Waals surface area (Å²) in [5.41, 5.74) is 2.58. The first-order valence-corrected chi connectivity index (χ1v) is 9.22. The number of aromatic nitrogens is 1. The molecule has 130 valence electrons. The molecule has 0 radical (unpaired) electrons. The number of rotatable bonds is 2. The second-order valence-corrected chi connectivity index (χ2v) is 7.58. The van der Waals surface area contributed by atoms with Crippen LogP contribution in [0.4, 0.5) is 19.6 Å². The second kappa shape index (κ2) is 6.42. The zero-order chi connectivity index (χ0) is 17.6. The number of hydrogen-bond acceptors (Lipinski definition) is 4. The highest BCUT2D eigenvalue weighted by Gasteiger charge is 2.22. The van der Waals surface area contributed by atoms with Gasteiger partial charge in [0.2, 0.25) is 0 Å². The molecule has 1 fully saturated rings. The van der Waals surface area contributed by atoms with E-state index in [1.807, 2.05) is 18.2 Å². The van der Waals surface area contributed by atoms with Crippen LogP contribution in [0.15, 0.2) is 30.3 Å². The van der Waals surface area contributed by atoms with Crippen molar-refractivity contribution in [1.82, 2.24) is 4.98 Å². The molecule has 7 heteroatoms. The summed E-state index contributed by atoms with van der Waals surface area (Å²) in [7, 11) is 0. The highest BCUT2D eigenvalue weighted by atomic mass is 35.5. The van der Waals surface area contributed by atoms with Crippen LogP contribution in [-0.2, 0) is 0 Å². The first-order valence-electron chi connectivity index (χ1n) is 8.03. The molecule has 1 aliphatic rings. The van der Waals surface area contributed by atoms with Crippen LogP contribution < -0.4 is 9.80 Å². The van der Waals surface area contributed by atoms with Crippen LogP contribution in [-0.4, -0.2) is 31.2 Å². The lowest BCUT2D eigenvalue weighted by molar-refractivity contribution is 0.591. The van der Waals surface area contributed by atoms with Crippen LogP contribution in [0.5, 0.6) is 0 Å². The van der Waals surface area contributed by atoms with Gasteiger partial charge in [-0.25, -0.2) is 13.8 Å². The van der Waals surface area contributed by atoms with E-state index in [1.165, 1.54) is 23.0 Å². The topological polar surface area (TPSA) is 19.4 Å². The van der Waals surface area contributed by atoms with E-state index in [9.17, 15) is 8.78 Å². The fourth-order valence-electron chi connectivity index (χ4n) is 3.14. The summed E-state index contributed by atoms with van der Waals surface area (Å²) in [5.74, 6) is -1.17. The van der Waals surface area contributed by atoms with E-state index in [0.717, 1.165) is 48.1 Å². The number of aryl methyl sites for hydroxylation is 1. The minimum atomic E-state index is -0.606. The molecule has 0 aliphatic carbocycles. The molecular weight excluding hydrogens is 364 g/mol. The second-order valence-electron chi connectivity index (χ2n) is 6.14. The summed E-state index contributed by atoms with van der Waals surface area (Å²) in [5, 5.41) is 1.47. The molecule has 1 saturated heterocycles. The van der Waals surface area contributed by atoms with Crippen molar-refractivity contribution < 1.29 is 8.78 Å². The summed E-state index contributed by atoms with van der Waals surface area (Å²) in [6, 6.07) is 8.12.